The van der Waals surface area contributed by atoms with Gasteiger partial charge in [-0.2, -0.15) is 0 Å². The normalized spacial score (nSPS) is 23.6. The molecule has 0 aliphatic carbocycles. The van der Waals surface area contributed by atoms with Crippen LogP contribution in [0.1, 0.15) is 90.4 Å². The SMILES string of the molecule is CCCCCCCCCCCC/C=C/CCCOC[C@H](O)[C@@H]1OC[C@@H](O)[C@@H]1O. The van der Waals surface area contributed by atoms with Gasteiger partial charge in [-0.05, 0) is 25.7 Å². The smallest absolute Gasteiger partial charge is 0.114 e. The van der Waals surface area contributed by atoms with Gasteiger partial charge in [0.1, 0.15) is 24.4 Å². The molecule has 5 nitrogen and oxygen atoms in total. The monoisotopic (exact) mass is 400 g/mol. The summed E-state index contributed by atoms with van der Waals surface area (Å²) in [7, 11) is 0. The highest BCUT2D eigenvalue weighted by molar-refractivity contribution is 4.87. The zero-order valence-corrected chi connectivity index (χ0v) is 17.9. The van der Waals surface area contributed by atoms with Crippen LogP contribution in [-0.4, -0.2) is 59.6 Å². The van der Waals surface area contributed by atoms with Crippen molar-refractivity contribution in [3.05, 3.63) is 12.2 Å². The molecule has 0 saturated carbocycles. The third-order valence-corrected chi connectivity index (χ3v) is 5.41. The van der Waals surface area contributed by atoms with E-state index in [2.05, 4.69) is 19.1 Å². The summed E-state index contributed by atoms with van der Waals surface area (Å²) >= 11 is 0. The molecule has 0 amide bonds. The van der Waals surface area contributed by atoms with Crippen molar-refractivity contribution in [2.45, 2.75) is 115 Å². The van der Waals surface area contributed by atoms with E-state index in [4.69, 9.17) is 9.47 Å². The van der Waals surface area contributed by atoms with Gasteiger partial charge in [-0.15, -0.1) is 0 Å². The third kappa shape index (κ3) is 12.2. The van der Waals surface area contributed by atoms with Crippen LogP contribution in [0.25, 0.3) is 0 Å². The molecule has 1 fully saturated rings. The van der Waals surface area contributed by atoms with Crippen molar-refractivity contribution in [1.82, 2.24) is 0 Å². The fourth-order valence-electron chi connectivity index (χ4n) is 3.55. The molecule has 1 heterocycles. The number of rotatable bonds is 18. The van der Waals surface area contributed by atoms with Gasteiger partial charge in [0.25, 0.3) is 0 Å². The summed E-state index contributed by atoms with van der Waals surface area (Å²) in [5.74, 6) is 0. The molecular formula is C23H44O5. The minimum atomic E-state index is -1.03. The minimum Gasteiger partial charge on any atom is -0.388 e. The Balaban J connectivity index is 1.81. The second kappa shape index (κ2) is 17.4. The Morgan fingerprint density at radius 1 is 0.893 bits per heavy atom. The predicted molar refractivity (Wildman–Crippen MR) is 113 cm³/mol. The lowest BCUT2D eigenvalue weighted by atomic mass is 10.1. The Hall–Kier alpha value is -0.460. The van der Waals surface area contributed by atoms with Crippen molar-refractivity contribution in [2.75, 3.05) is 19.8 Å². The molecular weight excluding hydrogens is 356 g/mol. The molecule has 1 rings (SSSR count). The van der Waals surface area contributed by atoms with E-state index < -0.39 is 24.4 Å². The molecule has 0 aromatic rings. The molecule has 0 unspecified atom stereocenters. The number of hydrogen-bond acceptors (Lipinski definition) is 5. The average Bonchev–Trinajstić information content (AvgIpc) is 3.03. The first kappa shape index (κ1) is 25.6. The molecule has 1 aliphatic heterocycles. The molecule has 5 heteroatoms. The Morgan fingerprint density at radius 3 is 2.04 bits per heavy atom. The summed E-state index contributed by atoms with van der Waals surface area (Å²) in [6, 6.07) is 0. The van der Waals surface area contributed by atoms with Crippen molar-refractivity contribution in [3.8, 4) is 0 Å². The standard InChI is InChI=1S/C23H44O5/c1-2-3-4-5-6-7-8-9-10-11-12-13-14-15-16-17-27-18-21(25)23-22(26)20(24)19-28-23/h13-14,20-26H,2-12,15-19H2,1H3/b14-13+/t20-,21+,22+,23+/m1/s1. The highest BCUT2D eigenvalue weighted by atomic mass is 16.5. The second-order valence-electron chi connectivity index (χ2n) is 8.08. The lowest BCUT2D eigenvalue weighted by molar-refractivity contribution is -0.0811. The van der Waals surface area contributed by atoms with Crippen molar-refractivity contribution in [2.24, 2.45) is 0 Å². The van der Waals surface area contributed by atoms with E-state index in [1.165, 1.54) is 64.2 Å². The lowest BCUT2D eigenvalue weighted by Crippen LogP contribution is -2.40. The first-order chi connectivity index (χ1) is 13.7. The van der Waals surface area contributed by atoms with Crippen LogP contribution in [0, 0.1) is 0 Å². The molecule has 3 N–H and O–H groups in total. The summed E-state index contributed by atoms with van der Waals surface area (Å²) in [6.07, 6.45) is 17.7. The second-order valence-corrected chi connectivity index (χ2v) is 8.08. The predicted octanol–water partition coefficient (Wildman–Crippen LogP) is 4.13. The maximum absolute atomic E-state index is 9.93. The topological polar surface area (TPSA) is 79.2 Å². The van der Waals surface area contributed by atoms with Crippen molar-refractivity contribution >= 4 is 0 Å². The fourth-order valence-corrected chi connectivity index (χ4v) is 3.55. The summed E-state index contributed by atoms with van der Waals surface area (Å²) in [4.78, 5) is 0. The van der Waals surface area contributed by atoms with Crippen LogP contribution in [0.15, 0.2) is 12.2 Å². The van der Waals surface area contributed by atoms with Gasteiger partial charge in [0, 0.05) is 6.61 Å². The molecule has 1 aliphatic rings. The quantitative estimate of drug-likeness (QED) is 0.238. The van der Waals surface area contributed by atoms with Crippen molar-refractivity contribution in [1.29, 1.82) is 0 Å². The van der Waals surface area contributed by atoms with Gasteiger partial charge in [-0.25, -0.2) is 0 Å². The van der Waals surface area contributed by atoms with Gasteiger partial charge in [-0.1, -0.05) is 76.9 Å². The number of unbranched alkanes of at least 4 members (excludes halogenated alkanes) is 11. The van der Waals surface area contributed by atoms with E-state index in [1.807, 2.05) is 0 Å². The number of aliphatic hydroxyl groups excluding tert-OH is 3. The maximum Gasteiger partial charge on any atom is 0.114 e. The van der Waals surface area contributed by atoms with Crippen LogP contribution in [0.4, 0.5) is 0 Å². The van der Waals surface area contributed by atoms with E-state index in [-0.39, 0.29) is 13.2 Å². The fraction of sp³-hybridized carbons (Fsp3) is 0.913. The third-order valence-electron chi connectivity index (χ3n) is 5.41. The number of allylic oxidation sites excluding steroid dienone is 2. The Morgan fingerprint density at radius 2 is 1.46 bits per heavy atom. The Labute approximate surface area is 172 Å². The van der Waals surface area contributed by atoms with Gasteiger partial charge in [0.05, 0.1) is 13.2 Å². The first-order valence-corrected chi connectivity index (χ1v) is 11.5. The molecule has 1 saturated heterocycles. The molecule has 0 aromatic carbocycles. The zero-order chi connectivity index (χ0) is 20.5. The molecule has 4 atom stereocenters. The number of hydrogen-bond donors (Lipinski definition) is 3. The zero-order valence-electron chi connectivity index (χ0n) is 17.9. The maximum atomic E-state index is 9.93. The van der Waals surface area contributed by atoms with Crippen LogP contribution in [0.2, 0.25) is 0 Å². The lowest BCUT2D eigenvalue weighted by Gasteiger charge is -2.20. The highest BCUT2D eigenvalue weighted by Crippen LogP contribution is 2.18. The Kier molecular flexibility index (Phi) is 15.9. The number of ether oxygens (including phenoxy) is 2. The van der Waals surface area contributed by atoms with Crippen molar-refractivity contribution < 1.29 is 24.8 Å². The van der Waals surface area contributed by atoms with E-state index >= 15 is 0 Å². The van der Waals surface area contributed by atoms with Gasteiger partial charge >= 0.3 is 0 Å². The van der Waals surface area contributed by atoms with Crippen LogP contribution in [0.3, 0.4) is 0 Å². The molecule has 166 valence electrons. The highest BCUT2D eigenvalue weighted by Gasteiger charge is 2.39. The first-order valence-electron chi connectivity index (χ1n) is 11.5. The summed E-state index contributed by atoms with van der Waals surface area (Å²) in [6.45, 7) is 3.02. The van der Waals surface area contributed by atoms with Crippen LogP contribution >= 0.6 is 0 Å². The van der Waals surface area contributed by atoms with E-state index in [0.29, 0.717) is 6.61 Å². The van der Waals surface area contributed by atoms with Gasteiger partial charge in [-0.3, -0.25) is 0 Å². The van der Waals surface area contributed by atoms with Gasteiger partial charge in [0.15, 0.2) is 0 Å². The largest absolute Gasteiger partial charge is 0.388 e. The van der Waals surface area contributed by atoms with Crippen LogP contribution in [0.5, 0.6) is 0 Å². The van der Waals surface area contributed by atoms with Crippen LogP contribution in [-0.2, 0) is 9.47 Å². The van der Waals surface area contributed by atoms with Gasteiger partial charge in [0.2, 0.25) is 0 Å². The molecule has 0 radical (unpaired) electrons. The average molecular weight is 401 g/mol. The summed E-state index contributed by atoms with van der Waals surface area (Å²) in [5.41, 5.74) is 0. The molecule has 0 spiro atoms. The van der Waals surface area contributed by atoms with E-state index in [0.717, 1.165) is 19.3 Å². The minimum absolute atomic E-state index is 0.0622. The van der Waals surface area contributed by atoms with Crippen LogP contribution < -0.4 is 0 Å². The summed E-state index contributed by atoms with van der Waals surface area (Å²) in [5, 5.41) is 29.0. The summed E-state index contributed by atoms with van der Waals surface area (Å²) < 4.78 is 10.6. The van der Waals surface area contributed by atoms with Crippen molar-refractivity contribution in [3.63, 3.8) is 0 Å². The van der Waals surface area contributed by atoms with E-state index in [1.54, 1.807) is 0 Å². The molecule has 0 aromatic heterocycles. The van der Waals surface area contributed by atoms with E-state index in [9.17, 15) is 15.3 Å². The van der Waals surface area contributed by atoms with Gasteiger partial charge < -0.3 is 24.8 Å². The Bertz CT molecular complexity index is 374. The number of aliphatic hydroxyl groups is 3. The molecule has 0 bridgehead atoms. The molecule has 28 heavy (non-hydrogen) atoms.